The second-order valence-corrected chi connectivity index (χ2v) is 7.89. The standard InChI is InChI=1S/C22H23N5O2/c1-12-11-25-20(23)19-18(17-10-15-4-2-3-5-16(15)29-17)26-22(27(12)19)14-8-6-13(7-9-14)21(24)28/h2-5,10-11,13-14H,6-9H2,1H3,(H2,23,25)(H2,24,28)/t13-,14-. The van der Waals surface area contributed by atoms with E-state index in [4.69, 9.17) is 20.9 Å². The van der Waals surface area contributed by atoms with Gasteiger partial charge in [-0.3, -0.25) is 9.20 Å². The van der Waals surface area contributed by atoms with E-state index in [1.165, 1.54) is 0 Å². The number of primary amides is 1. The second-order valence-electron chi connectivity index (χ2n) is 7.89. The maximum Gasteiger partial charge on any atom is 0.220 e. The van der Waals surface area contributed by atoms with E-state index in [2.05, 4.69) is 9.38 Å². The summed E-state index contributed by atoms with van der Waals surface area (Å²) in [6, 6.07) is 9.88. The molecule has 3 aromatic heterocycles. The molecule has 5 rings (SSSR count). The zero-order valence-corrected chi connectivity index (χ0v) is 16.3. The van der Waals surface area contributed by atoms with Crippen molar-refractivity contribution >= 4 is 28.2 Å². The largest absolute Gasteiger partial charge is 0.454 e. The number of carbonyl (C=O) groups excluding carboxylic acids is 1. The molecule has 7 heteroatoms. The third-order valence-corrected chi connectivity index (χ3v) is 6.04. The molecule has 1 saturated carbocycles. The fourth-order valence-electron chi connectivity index (χ4n) is 4.49. The van der Waals surface area contributed by atoms with Crippen molar-refractivity contribution in [1.29, 1.82) is 0 Å². The van der Waals surface area contributed by atoms with Gasteiger partial charge in [-0.1, -0.05) is 18.2 Å². The lowest BCUT2D eigenvalue weighted by Crippen LogP contribution is -2.27. The van der Waals surface area contributed by atoms with Crippen LogP contribution in [0.5, 0.6) is 0 Å². The molecule has 148 valence electrons. The number of aromatic nitrogens is 3. The molecule has 3 heterocycles. The monoisotopic (exact) mass is 389 g/mol. The Morgan fingerprint density at radius 2 is 1.97 bits per heavy atom. The summed E-state index contributed by atoms with van der Waals surface area (Å²) >= 11 is 0. The Morgan fingerprint density at radius 1 is 1.21 bits per heavy atom. The predicted octanol–water partition coefficient (Wildman–Crippen LogP) is 3.79. The highest BCUT2D eigenvalue weighted by Crippen LogP contribution is 2.40. The molecule has 1 amide bonds. The highest BCUT2D eigenvalue weighted by Gasteiger charge is 2.30. The lowest BCUT2D eigenvalue weighted by atomic mass is 9.81. The van der Waals surface area contributed by atoms with Gasteiger partial charge in [0.15, 0.2) is 5.76 Å². The van der Waals surface area contributed by atoms with E-state index in [1.54, 1.807) is 6.20 Å². The first-order valence-corrected chi connectivity index (χ1v) is 9.94. The smallest absolute Gasteiger partial charge is 0.220 e. The van der Waals surface area contributed by atoms with Crippen molar-refractivity contribution in [3.05, 3.63) is 48.0 Å². The van der Waals surface area contributed by atoms with Gasteiger partial charge in [-0.2, -0.15) is 0 Å². The molecule has 1 fully saturated rings. The molecule has 0 radical (unpaired) electrons. The van der Waals surface area contributed by atoms with Crippen LogP contribution in [0.2, 0.25) is 0 Å². The van der Waals surface area contributed by atoms with Gasteiger partial charge in [0.05, 0.1) is 0 Å². The Morgan fingerprint density at radius 3 is 2.69 bits per heavy atom. The lowest BCUT2D eigenvalue weighted by Gasteiger charge is -2.26. The van der Waals surface area contributed by atoms with Crippen LogP contribution in [0.25, 0.3) is 27.9 Å². The van der Waals surface area contributed by atoms with E-state index in [1.807, 2.05) is 37.3 Å². The Labute approximate surface area is 167 Å². The summed E-state index contributed by atoms with van der Waals surface area (Å²) in [7, 11) is 0. The lowest BCUT2D eigenvalue weighted by molar-refractivity contribution is -0.122. The van der Waals surface area contributed by atoms with E-state index in [-0.39, 0.29) is 17.7 Å². The predicted molar refractivity (Wildman–Crippen MR) is 111 cm³/mol. The SMILES string of the molecule is Cc1cnc(N)c2c(-c3cc4ccccc4o3)nc([C@H]3CC[C@H](C(N)=O)CC3)n12. The summed E-state index contributed by atoms with van der Waals surface area (Å²) in [6.07, 6.45) is 5.08. The number of benzene rings is 1. The number of para-hydroxylation sites is 1. The van der Waals surface area contributed by atoms with Gasteiger partial charge in [-0.05, 0) is 44.7 Å². The summed E-state index contributed by atoms with van der Waals surface area (Å²) in [5.41, 5.74) is 15.1. The first-order valence-electron chi connectivity index (χ1n) is 9.94. The first-order chi connectivity index (χ1) is 14.0. The van der Waals surface area contributed by atoms with Crippen LogP contribution in [-0.4, -0.2) is 20.3 Å². The Hall–Kier alpha value is -3.35. The second kappa shape index (κ2) is 6.62. The fourth-order valence-corrected chi connectivity index (χ4v) is 4.49. The van der Waals surface area contributed by atoms with E-state index in [0.717, 1.165) is 53.7 Å². The number of nitrogen functional groups attached to an aromatic ring is 1. The number of furan rings is 1. The molecule has 1 aromatic carbocycles. The maximum absolute atomic E-state index is 11.5. The minimum atomic E-state index is -0.205. The van der Waals surface area contributed by atoms with E-state index in [9.17, 15) is 4.79 Å². The van der Waals surface area contributed by atoms with Gasteiger partial charge >= 0.3 is 0 Å². The van der Waals surface area contributed by atoms with Crippen molar-refractivity contribution < 1.29 is 9.21 Å². The number of hydrogen-bond acceptors (Lipinski definition) is 5. The van der Waals surface area contributed by atoms with Gasteiger partial charge in [0.2, 0.25) is 5.91 Å². The average Bonchev–Trinajstić information content (AvgIpc) is 3.33. The third kappa shape index (κ3) is 2.85. The number of amides is 1. The first kappa shape index (κ1) is 17.7. The van der Waals surface area contributed by atoms with Crippen molar-refractivity contribution in [3.8, 4) is 11.5 Å². The molecule has 0 spiro atoms. The van der Waals surface area contributed by atoms with Gasteiger partial charge in [-0.25, -0.2) is 9.97 Å². The number of nitrogens with zero attached hydrogens (tertiary/aromatic N) is 3. The Bertz CT molecular complexity index is 1200. The summed E-state index contributed by atoms with van der Waals surface area (Å²) in [5.74, 6) is 2.04. The molecule has 0 unspecified atom stereocenters. The highest BCUT2D eigenvalue weighted by molar-refractivity contribution is 5.89. The molecule has 4 N–H and O–H groups in total. The number of imidazole rings is 1. The number of hydrogen-bond donors (Lipinski definition) is 2. The average molecular weight is 389 g/mol. The van der Waals surface area contributed by atoms with E-state index < -0.39 is 0 Å². The van der Waals surface area contributed by atoms with Gasteiger partial charge in [0, 0.05) is 29.1 Å². The summed E-state index contributed by atoms with van der Waals surface area (Å²) in [4.78, 5) is 20.9. The minimum absolute atomic E-state index is 0.0415. The number of fused-ring (bicyclic) bond motifs is 2. The van der Waals surface area contributed by atoms with Gasteiger partial charge in [-0.15, -0.1) is 0 Å². The molecular formula is C22H23N5O2. The third-order valence-electron chi connectivity index (χ3n) is 6.04. The quantitative estimate of drug-likeness (QED) is 0.553. The fraction of sp³-hybridized carbons (Fsp3) is 0.318. The van der Waals surface area contributed by atoms with Crippen LogP contribution in [0.3, 0.4) is 0 Å². The van der Waals surface area contributed by atoms with E-state index >= 15 is 0 Å². The highest BCUT2D eigenvalue weighted by atomic mass is 16.3. The summed E-state index contributed by atoms with van der Waals surface area (Å²) in [6.45, 7) is 2.00. The van der Waals surface area contributed by atoms with Crippen molar-refractivity contribution in [2.75, 3.05) is 5.73 Å². The van der Waals surface area contributed by atoms with Crippen LogP contribution in [0.4, 0.5) is 5.82 Å². The molecule has 0 saturated heterocycles. The molecule has 0 atom stereocenters. The maximum atomic E-state index is 11.5. The number of rotatable bonds is 3. The number of nitrogens with two attached hydrogens (primary N) is 2. The van der Waals surface area contributed by atoms with Crippen LogP contribution in [0, 0.1) is 12.8 Å². The normalized spacial score (nSPS) is 19.8. The van der Waals surface area contributed by atoms with Crippen molar-refractivity contribution in [2.24, 2.45) is 11.7 Å². The molecule has 1 aliphatic rings. The van der Waals surface area contributed by atoms with Crippen LogP contribution < -0.4 is 11.5 Å². The number of carbonyl (C=O) groups is 1. The van der Waals surface area contributed by atoms with Crippen LogP contribution in [-0.2, 0) is 4.79 Å². The van der Waals surface area contributed by atoms with Crippen LogP contribution in [0.1, 0.15) is 43.1 Å². The molecular weight excluding hydrogens is 366 g/mol. The topological polar surface area (TPSA) is 112 Å². The Balaban J connectivity index is 1.66. The molecule has 29 heavy (non-hydrogen) atoms. The molecule has 7 nitrogen and oxygen atoms in total. The van der Waals surface area contributed by atoms with Gasteiger partial charge < -0.3 is 15.9 Å². The zero-order chi connectivity index (χ0) is 20.1. The molecule has 0 aliphatic heterocycles. The van der Waals surface area contributed by atoms with Gasteiger partial charge in [0.1, 0.15) is 28.4 Å². The molecule has 1 aliphatic carbocycles. The zero-order valence-electron chi connectivity index (χ0n) is 16.3. The molecule has 4 aromatic rings. The van der Waals surface area contributed by atoms with Crippen molar-refractivity contribution in [2.45, 2.75) is 38.5 Å². The minimum Gasteiger partial charge on any atom is -0.454 e. The van der Waals surface area contributed by atoms with Crippen LogP contribution >= 0.6 is 0 Å². The number of anilines is 1. The summed E-state index contributed by atoms with van der Waals surface area (Å²) in [5, 5.41) is 1.02. The van der Waals surface area contributed by atoms with Crippen LogP contribution in [0.15, 0.2) is 40.9 Å². The number of aryl methyl sites for hydroxylation is 1. The van der Waals surface area contributed by atoms with Crippen molar-refractivity contribution in [1.82, 2.24) is 14.4 Å². The Kier molecular flexibility index (Phi) is 4.04. The van der Waals surface area contributed by atoms with Gasteiger partial charge in [0.25, 0.3) is 0 Å². The van der Waals surface area contributed by atoms with Crippen molar-refractivity contribution in [3.63, 3.8) is 0 Å². The summed E-state index contributed by atoms with van der Waals surface area (Å²) < 4.78 is 8.18. The van der Waals surface area contributed by atoms with E-state index in [0.29, 0.717) is 17.3 Å². The molecule has 0 bridgehead atoms.